The van der Waals surface area contributed by atoms with E-state index in [-0.39, 0.29) is 12.5 Å². The molecule has 0 radical (unpaired) electrons. The smallest absolute Gasteiger partial charge is 0.258 e. The van der Waals surface area contributed by atoms with E-state index in [0.717, 1.165) is 28.0 Å². The Balaban J connectivity index is 1.51. The highest BCUT2D eigenvalue weighted by Crippen LogP contribution is 2.26. The van der Waals surface area contributed by atoms with E-state index in [1.54, 1.807) is 4.68 Å². The van der Waals surface area contributed by atoms with Gasteiger partial charge in [0.2, 0.25) is 5.88 Å². The maximum atomic E-state index is 12.0. The molecule has 1 aromatic carbocycles. The molecule has 136 valence electrons. The van der Waals surface area contributed by atoms with Gasteiger partial charge in [-0.1, -0.05) is 18.2 Å². The normalized spacial score (nSPS) is 10.7. The summed E-state index contributed by atoms with van der Waals surface area (Å²) in [4.78, 5) is 16.4. The zero-order chi connectivity index (χ0) is 18.5. The molecular weight excluding hydrogens is 332 g/mol. The SMILES string of the molecule is Cc1cc(C)c2c(OCC(=O)NCCOc3ccccc3)nn(C)c2n1. The molecule has 7 heteroatoms. The average molecular weight is 354 g/mol. The Labute approximate surface area is 151 Å². The minimum absolute atomic E-state index is 0.106. The zero-order valence-electron chi connectivity index (χ0n) is 15.2. The molecule has 1 amide bonds. The van der Waals surface area contributed by atoms with E-state index in [1.807, 2.05) is 57.3 Å². The molecule has 3 rings (SSSR count). The van der Waals surface area contributed by atoms with Gasteiger partial charge in [-0.25, -0.2) is 9.67 Å². The van der Waals surface area contributed by atoms with Gasteiger partial charge in [-0.2, -0.15) is 0 Å². The summed E-state index contributed by atoms with van der Waals surface area (Å²) in [5.74, 6) is 0.970. The number of hydrogen-bond acceptors (Lipinski definition) is 5. The van der Waals surface area contributed by atoms with Gasteiger partial charge in [0, 0.05) is 12.7 Å². The first kappa shape index (κ1) is 17.7. The highest BCUT2D eigenvalue weighted by atomic mass is 16.5. The molecule has 0 aliphatic heterocycles. The number of amides is 1. The zero-order valence-corrected chi connectivity index (χ0v) is 15.2. The molecule has 0 unspecified atom stereocenters. The molecule has 1 N–H and O–H groups in total. The molecule has 2 heterocycles. The van der Waals surface area contributed by atoms with Crippen LogP contribution in [0.4, 0.5) is 0 Å². The van der Waals surface area contributed by atoms with Crippen LogP contribution in [0.5, 0.6) is 11.6 Å². The molecule has 0 saturated heterocycles. The summed E-state index contributed by atoms with van der Waals surface area (Å²) >= 11 is 0. The van der Waals surface area contributed by atoms with E-state index in [9.17, 15) is 4.79 Å². The number of nitrogens with zero attached hydrogens (tertiary/aromatic N) is 3. The van der Waals surface area contributed by atoms with Gasteiger partial charge in [0.15, 0.2) is 12.3 Å². The fourth-order valence-electron chi connectivity index (χ4n) is 2.71. The quantitative estimate of drug-likeness (QED) is 0.658. The maximum Gasteiger partial charge on any atom is 0.258 e. The van der Waals surface area contributed by atoms with Crippen LogP contribution in [0.3, 0.4) is 0 Å². The van der Waals surface area contributed by atoms with Crippen LogP contribution in [-0.4, -0.2) is 40.4 Å². The predicted octanol–water partition coefficient (Wildman–Crippen LogP) is 2.16. The largest absolute Gasteiger partial charge is 0.492 e. The molecule has 0 fully saturated rings. The Hall–Kier alpha value is -3.09. The third-order valence-electron chi connectivity index (χ3n) is 3.86. The van der Waals surface area contributed by atoms with Crippen LogP contribution in [0.15, 0.2) is 36.4 Å². The highest BCUT2D eigenvalue weighted by molar-refractivity contribution is 5.85. The van der Waals surface area contributed by atoms with Crippen LogP contribution in [0.2, 0.25) is 0 Å². The maximum absolute atomic E-state index is 12.0. The summed E-state index contributed by atoms with van der Waals surface area (Å²) in [6.07, 6.45) is 0. The molecule has 0 aliphatic carbocycles. The van der Waals surface area contributed by atoms with Crippen molar-refractivity contribution >= 4 is 16.9 Å². The summed E-state index contributed by atoms with van der Waals surface area (Å²) in [5.41, 5.74) is 2.68. The Morgan fingerprint density at radius 3 is 2.73 bits per heavy atom. The second-order valence-corrected chi connectivity index (χ2v) is 6.01. The lowest BCUT2D eigenvalue weighted by Gasteiger charge is -2.08. The van der Waals surface area contributed by atoms with Gasteiger partial charge in [0.1, 0.15) is 12.4 Å². The van der Waals surface area contributed by atoms with Crippen molar-refractivity contribution in [3.05, 3.63) is 47.7 Å². The first-order chi connectivity index (χ1) is 12.5. The number of fused-ring (bicyclic) bond motifs is 1. The van der Waals surface area contributed by atoms with Crippen LogP contribution in [0.1, 0.15) is 11.3 Å². The van der Waals surface area contributed by atoms with Crippen molar-refractivity contribution in [2.45, 2.75) is 13.8 Å². The third kappa shape index (κ3) is 4.11. The van der Waals surface area contributed by atoms with E-state index in [2.05, 4.69) is 15.4 Å². The van der Waals surface area contributed by atoms with Crippen LogP contribution < -0.4 is 14.8 Å². The van der Waals surface area contributed by atoms with Crippen molar-refractivity contribution in [1.29, 1.82) is 0 Å². The Morgan fingerprint density at radius 2 is 1.96 bits per heavy atom. The summed E-state index contributed by atoms with van der Waals surface area (Å²) in [7, 11) is 1.81. The molecule has 0 atom stereocenters. The third-order valence-corrected chi connectivity index (χ3v) is 3.86. The molecule has 3 aromatic rings. The average Bonchev–Trinajstić information content (AvgIpc) is 2.94. The van der Waals surface area contributed by atoms with Gasteiger partial charge in [-0.05, 0) is 37.6 Å². The van der Waals surface area contributed by atoms with Gasteiger partial charge in [-0.3, -0.25) is 4.79 Å². The molecule has 0 saturated carbocycles. The summed E-state index contributed by atoms with van der Waals surface area (Å²) in [5, 5.41) is 7.92. The lowest BCUT2D eigenvalue weighted by molar-refractivity contribution is -0.123. The number of rotatable bonds is 7. The number of benzene rings is 1. The number of ether oxygens (including phenoxy) is 2. The van der Waals surface area contributed by atoms with Crippen molar-refractivity contribution < 1.29 is 14.3 Å². The first-order valence-electron chi connectivity index (χ1n) is 8.43. The van der Waals surface area contributed by atoms with E-state index in [1.165, 1.54) is 0 Å². The van der Waals surface area contributed by atoms with Crippen LogP contribution in [-0.2, 0) is 11.8 Å². The number of carbonyl (C=O) groups excluding carboxylic acids is 1. The van der Waals surface area contributed by atoms with Crippen LogP contribution in [0, 0.1) is 13.8 Å². The second kappa shape index (κ2) is 7.86. The van der Waals surface area contributed by atoms with Crippen molar-refractivity contribution in [1.82, 2.24) is 20.1 Å². The number of para-hydroxylation sites is 1. The number of hydrogen-bond donors (Lipinski definition) is 1. The first-order valence-corrected chi connectivity index (χ1v) is 8.43. The number of aromatic nitrogens is 3. The van der Waals surface area contributed by atoms with Gasteiger partial charge in [-0.15, -0.1) is 5.10 Å². The van der Waals surface area contributed by atoms with Gasteiger partial charge < -0.3 is 14.8 Å². The predicted molar refractivity (Wildman–Crippen MR) is 98.4 cm³/mol. The van der Waals surface area contributed by atoms with Gasteiger partial charge in [0.05, 0.1) is 11.9 Å². The topological polar surface area (TPSA) is 78.3 Å². The highest BCUT2D eigenvalue weighted by Gasteiger charge is 2.15. The monoisotopic (exact) mass is 354 g/mol. The minimum atomic E-state index is -0.224. The molecule has 7 nitrogen and oxygen atoms in total. The van der Waals surface area contributed by atoms with E-state index < -0.39 is 0 Å². The van der Waals surface area contributed by atoms with E-state index >= 15 is 0 Å². The van der Waals surface area contributed by atoms with Crippen LogP contribution in [0.25, 0.3) is 11.0 Å². The van der Waals surface area contributed by atoms with Crippen LogP contribution >= 0.6 is 0 Å². The lowest BCUT2D eigenvalue weighted by atomic mass is 10.2. The Kier molecular flexibility index (Phi) is 5.36. The van der Waals surface area contributed by atoms with Crippen molar-refractivity contribution in [3.8, 4) is 11.6 Å². The molecule has 0 aliphatic rings. The fraction of sp³-hybridized carbons (Fsp3) is 0.316. The second-order valence-electron chi connectivity index (χ2n) is 6.01. The summed E-state index contributed by atoms with van der Waals surface area (Å²) in [6.45, 7) is 4.60. The summed E-state index contributed by atoms with van der Waals surface area (Å²) < 4.78 is 12.8. The lowest BCUT2D eigenvalue weighted by Crippen LogP contribution is -2.32. The van der Waals surface area contributed by atoms with E-state index in [4.69, 9.17) is 9.47 Å². The molecule has 2 aromatic heterocycles. The van der Waals surface area contributed by atoms with Crippen molar-refractivity contribution in [2.75, 3.05) is 19.8 Å². The van der Waals surface area contributed by atoms with Crippen molar-refractivity contribution in [3.63, 3.8) is 0 Å². The minimum Gasteiger partial charge on any atom is -0.492 e. The molecule has 26 heavy (non-hydrogen) atoms. The number of aryl methyl sites for hydroxylation is 3. The number of nitrogens with one attached hydrogen (secondary N) is 1. The fourth-order valence-corrected chi connectivity index (χ4v) is 2.71. The Bertz CT molecular complexity index is 906. The molecule has 0 spiro atoms. The van der Waals surface area contributed by atoms with Gasteiger partial charge in [0.25, 0.3) is 5.91 Å². The standard InChI is InChI=1S/C19H22N4O3/c1-13-11-14(2)21-18-17(13)19(22-23(18)3)26-12-16(24)20-9-10-25-15-7-5-4-6-8-15/h4-8,11H,9-10,12H2,1-3H3,(H,20,24). The van der Waals surface area contributed by atoms with E-state index in [0.29, 0.717) is 19.0 Å². The molecular formula is C19H22N4O3. The Morgan fingerprint density at radius 1 is 1.19 bits per heavy atom. The molecule has 0 bridgehead atoms. The van der Waals surface area contributed by atoms with Crippen molar-refractivity contribution in [2.24, 2.45) is 7.05 Å². The van der Waals surface area contributed by atoms with Gasteiger partial charge >= 0.3 is 0 Å². The number of carbonyl (C=O) groups is 1. The number of pyridine rings is 1. The summed E-state index contributed by atoms with van der Waals surface area (Å²) in [6, 6.07) is 11.4.